The van der Waals surface area contributed by atoms with Gasteiger partial charge in [-0.2, -0.15) is 0 Å². The molecule has 64 heavy (non-hydrogen) atoms. The first-order valence-corrected chi connectivity index (χ1v) is 22.5. The smallest absolute Gasteiger partial charge is 0.0213 e. The molecule has 0 saturated carbocycles. The Kier molecular flexibility index (Phi) is 15.5. The summed E-state index contributed by atoms with van der Waals surface area (Å²) in [5.74, 6) is 0.518. The lowest BCUT2D eigenvalue weighted by Gasteiger charge is -2.21. The molecule has 1 atom stereocenters. The zero-order valence-corrected chi connectivity index (χ0v) is 38.3. The third kappa shape index (κ3) is 12.4. The maximum Gasteiger partial charge on any atom is 0.0213 e. The quantitative estimate of drug-likeness (QED) is 0.134. The molecule has 0 amide bonds. The Balaban J connectivity index is 0.000000117. The zero-order chi connectivity index (χ0) is 44.7. The third-order valence-corrected chi connectivity index (χ3v) is 11.6. The molecule has 0 fully saturated rings. The van der Waals surface area contributed by atoms with Crippen LogP contribution in [0.2, 0.25) is 0 Å². The SMILES string of the molecule is CC1=CC2C=CC=C2c2ccccc21.Cc1ccc2c(c1)C=CC2.Cc1ccc2cc3ccccc3cc2c1.Cc1ccc2ccccc2c1.Cc1ccccc1.Cc1ccccc1. The summed E-state index contributed by atoms with van der Waals surface area (Å²) in [6.45, 7) is 12.7. The van der Waals surface area contributed by atoms with Gasteiger partial charge in [0.2, 0.25) is 0 Å². The molecule has 3 aliphatic carbocycles. The monoisotopic (exact) mass is 828 g/mol. The van der Waals surface area contributed by atoms with Gasteiger partial charge >= 0.3 is 0 Å². The van der Waals surface area contributed by atoms with Crippen molar-refractivity contribution in [1.29, 1.82) is 0 Å². The summed E-state index contributed by atoms with van der Waals surface area (Å²) >= 11 is 0. The summed E-state index contributed by atoms with van der Waals surface area (Å²) in [4.78, 5) is 0. The van der Waals surface area contributed by atoms with Crippen molar-refractivity contribution in [2.45, 2.75) is 48.0 Å². The normalized spacial score (nSPS) is 13.3. The predicted molar refractivity (Wildman–Crippen MR) is 282 cm³/mol. The minimum atomic E-state index is 0.518. The van der Waals surface area contributed by atoms with Crippen molar-refractivity contribution in [2.24, 2.45) is 5.92 Å². The molecule has 12 rings (SSSR count). The van der Waals surface area contributed by atoms with Crippen LogP contribution in [-0.2, 0) is 6.42 Å². The van der Waals surface area contributed by atoms with E-state index in [1.165, 1.54) is 93.5 Å². The van der Waals surface area contributed by atoms with E-state index in [-0.39, 0.29) is 0 Å². The molecule has 1 unspecified atom stereocenters. The number of hydrogen-bond donors (Lipinski definition) is 0. The standard InChI is InChI=1S/C15H12.C14H12.C11H10.C10H10.2C7H8/c1-11-6-7-14-9-12-4-2-3-5-13(12)10-15(14)8-11;1-10-9-11-5-4-8-13(11)14-7-3-2-6-12(10)14;1-9-6-7-10-4-2-3-5-11(10)8-9;1-8-5-6-9-3-2-4-10(9)7-8;2*1-7-5-3-2-4-6-7/h2-10H,1H3;2-9,11H,1H3;2-8H,1H3;2,4-7H,3H2,1H3;2*2-6H,1H3. The number of benzene rings is 9. The van der Waals surface area contributed by atoms with E-state index in [1.807, 2.05) is 36.4 Å². The largest absolute Gasteiger partial charge is 0.0795 e. The molecule has 3 aliphatic rings. The topological polar surface area (TPSA) is 0 Å². The van der Waals surface area contributed by atoms with Crippen LogP contribution in [-0.4, -0.2) is 0 Å². The van der Waals surface area contributed by atoms with Gasteiger partial charge in [0.05, 0.1) is 0 Å². The third-order valence-electron chi connectivity index (χ3n) is 11.6. The second kappa shape index (κ2) is 22.2. The fourth-order valence-corrected chi connectivity index (χ4v) is 8.15. The van der Waals surface area contributed by atoms with Gasteiger partial charge in [0.25, 0.3) is 0 Å². The summed E-state index contributed by atoms with van der Waals surface area (Å²) in [5, 5.41) is 7.92. The van der Waals surface area contributed by atoms with Gasteiger partial charge in [0, 0.05) is 5.92 Å². The Bertz CT molecular complexity index is 3030. The molecule has 0 saturated heterocycles. The van der Waals surface area contributed by atoms with Crippen molar-refractivity contribution >= 4 is 49.5 Å². The van der Waals surface area contributed by atoms with Crippen LogP contribution in [0.15, 0.2) is 231 Å². The maximum atomic E-state index is 2.34. The molecule has 0 heterocycles. The Morgan fingerprint density at radius 3 is 1.45 bits per heavy atom. The molecule has 0 radical (unpaired) electrons. The highest BCUT2D eigenvalue weighted by Crippen LogP contribution is 2.40. The van der Waals surface area contributed by atoms with Gasteiger partial charge in [-0.1, -0.05) is 252 Å². The Labute approximate surface area is 382 Å². The van der Waals surface area contributed by atoms with Gasteiger partial charge in [-0.25, -0.2) is 0 Å². The van der Waals surface area contributed by atoms with Crippen LogP contribution < -0.4 is 0 Å². The highest BCUT2D eigenvalue weighted by Gasteiger charge is 2.21. The first-order valence-electron chi connectivity index (χ1n) is 22.5. The Hall–Kier alpha value is -7.28. The highest BCUT2D eigenvalue weighted by atomic mass is 14.3. The van der Waals surface area contributed by atoms with Crippen LogP contribution in [0.1, 0.15) is 57.0 Å². The Morgan fingerprint density at radius 2 is 0.844 bits per heavy atom. The molecular formula is C64H60. The van der Waals surface area contributed by atoms with Gasteiger partial charge in [0.1, 0.15) is 0 Å². The van der Waals surface area contributed by atoms with Gasteiger partial charge < -0.3 is 0 Å². The maximum absolute atomic E-state index is 2.34. The fourth-order valence-electron chi connectivity index (χ4n) is 8.15. The van der Waals surface area contributed by atoms with Crippen molar-refractivity contribution in [3.05, 3.63) is 281 Å². The minimum Gasteiger partial charge on any atom is -0.0795 e. The van der Waals surface area contributed by atoms with E-state index in [4.69, 9.17) is 0 Å². The molecular weight excluding hydrogens is 769 g/mol. The molecule has 316 valence electrons. The number of rotatable bonds is 0. The molecule has 0 heteroatoms. The van der Waals surface area contributed by atoms with Gasteiger partial charge in [-0.3, -0.25) is 0 Å². The molecule has 0 aliphatic heterocycles. The molecule has 0 nitrogen and oxygen atoms in total. The molecule has 0 N–H and O–H groups in total. The molecule has 0 aromatic heterocycles. The first-order chi connectivity index (χ1) is 31.2. The lowest BCUT2D eigenvalue weighted by molar-refractivity contribution is 1.09. The van der Waals surface area contributed by atoms with Crippen LogP contribution in [0.4, 0.5) is 0 Å². The fraction of sp³-hybridized carbons (Fsp3) is 0.125. The number of fused-ring (bicyclic) bond motifs is 7. The molecule has 0 bridgehead atoms. The second-order valence-corrected chi connectivity index (χ2v) is 16.9. The van der Waals surface area contributed by atoms with Crippen LogP contribution in [0.25, 0.3) is 49.5 Å². The van der Waals surface area contributed by atoms with Crippen molar-refractivity contribution in [2.75, 3.05) is 0 Å². The van der Waals surface area contributed by atoms with E-state index >= 15 is 0 Å². The predicted octanol–water partition coefficient (Wildman–Crippen LogP) is 17.7. The summed E-state index contributed by atoms with van der Waals surface area (Å²) in [5.41, 5.74) is 15.1. The Morgan fingerprint density at radius 1 is 0.375 bits per heavy atom. The summed E-state index contributed by atoms with van der Waals surface area (Å²) < 4.78 is 0. The van der Waals surface area contributed by atoms with E-state index < -0.39 is 0 Å². The minimum absolute atomic E-state index is 0.518. The van der Waals surface area contributed by atoms with Crippen molar-refractivity contribution in [3.63, 3.8) is 0 Å². The van der Waals surface area contributed by atoms with E-state index in [0.29, 0.717) is 5.92 Å². The summed E-state index contributed by atoms with van der Waals surface area (Å²) in [6.07, 6.45) is 14.5. The zero-order valence-electron chi connectivity index (χ0n) is 38.3. The molecule has 9 aromatic rings. The van der Waals surface area contributed by atoms with Crippen LogP contribution >= 0.6 is 0 Å². The average molecular weight is 829 g/mol. The average Bonchev–Trinajstić information content (AvgIpc) is 4.00. The van der Waals surface area contributed by atoms with E-state index in [0.717, 1.165) is 6.42 Å². The van der Waals surface area contributed by atoms with Crippen molar-refractivity contribution in [1.82, 2.24) is 0 Å². The van der Waals surface area contributed by atoms with Crippen molar-refractivity contribution in [3.8, 4) is 0 Å². The van der Waals surface area contributed by atoms with E-state index in [2.05, 4.69) is 242 Å². The highest BCUT2D eigenvalue weighted by molar-refractivity contribution is 5.98. The van der Waals surface area contributed by atoms with Gasteiger partial charge in [-0.15, -0.1) is 0 Å². The van der Waals surface area contributed by atoms with Crippen LogP contribution in [0.5, 0.6) is 0 Å². The lowest BCUT2D eigenvalue weighted by atomic mass is 9.83. The number of hydrogen-bond acceptors (Lipinski definition) is 0. The van der Waals surface area contributed by atoms with E-state index in [1.54, 1.807) is 0 Å². The summed E-state index contributed by atoms with van der Waals surface area (Å²) in [7, 11) is 0. The number of allylic oxidation sites excluding steroid dienone is 7. The summed E-state index contributed by atoms with van der Waals surface area (Å²) in [6, 6.07) is 70.3. The molecule has 9 aromatic carbocycles. The van der Waals surface area contributed by atoms with Gasteiger partial charge in [-0.05, 0) is 126 Å². The van der Waals surface area contributed by atoms with Gasteiger partial charge in [0.15, 0.2) is 0 Å². The van der Waals surface area contributed by atoms with E-state index in [9.17, 15) is 0 Å². The lowest BCUT2D eigenvalue weighted by Crippen LogP contribution is -2.03. The second-order valence-electron chi connectivity index (χ2n) is 16.9. The van der Waals surface area contributed by atoms with Crippen LogP contribution in [0.3, 0.4) is 0 Å². The first kappa shape index (κ1) is 44.8. The van der Waals surface area contributed by atoms with Crippen LogP contribution in [0, 0.1) is 40.5 Å². The molecule has 0 spiro atoms. The number of aryl methyl sites for hydroxylation is 5. The van der Waals surface area contributed by atoms with Crippen molar-refractivity contribution < 1.29 is 0 Å².